The van der Waals surface area contributed by atoms with E-state index in [1.54, 1.807) is 36.4 Å². The number of para-hydroxylation sites is 1. The Hall–Kier alpha value is -2.90. The minimum absolute atomic E-state index is 0.0309. The highest BCUT2D eigenvalue weighted by atomic mass is 35.5. The van der Waals surface area contributed by atoms with Crippen molar-refractivity contribution in [1.29, 1.82) is 0 Å². The zero-order chi connectivity index (χ0) is 21.5. The molecule has 4 rings (SSSR count). The van der Waals surface area contributed by atoms with Gasteiger partial charge in [0.05, 0.1) is 17.9 Å². The van der Waals surface area contributed by atoms with Crippen LogP contribution in [0.4, 0.5) is 20.6 Å². The Morgan fingerprint density at radius 1 is 0.967 bits per heavy atom. The molecular weight excluding hydrogens is 427 g/mol. The molecule has 5 nitrogen and oxygen atoms in total. The van der Waals surface area contributed by atoms with Crippen molar-refractivity contribution in [1.82, 2.24) is 0 Å². The summed E-state index contributed by atoms with van der Waals surface area (Å²) in [5.41, 5.74) is 1.53. The number of rotatable bonds is 4. The molecule has 0 bridgehead atoms. The molecule has 0 saturated carbocycles. The van der Waals surface area contributed by atoms with Gasteiger partial charge in [0.15, 0.2) is 0 Å². The zero-order valence-corrected chi connectivity index (χ0v) is 17.6. The summed E-state index contributed by atoms with van der Waals surface area (Å²) >= 11 is 6.16. The van der Waals surface area contributed by atoms with E-state index in [1.165, 1.54) is 35.2 Å². The van der Waals surface area contributed by atoms with Crippen LogP contribution in [-0.2, 0) is 23.0 Å². The number of anilines is 2. The van der Waals surface area contributed by atoms with Crippen molar-refractivity contribution in [3.05, 3.63) is 88.7 Å². The number of halogens is 2. The van der Waals surface area contributed by atoms with Crippen molar-refractivity contribution in [2.45, 2.75) is 24.8 Å². The molecule has 3 aromatic rings. The van der Waals surface area contributed by atoms with Gasteiger partial charge in [-0.05, 0) is 48.4 Å². The fourth-order valence-corrected chi connectivity index (χ4v) is 5.24. The molecule has 8 heteroatoms. The lowest BCUT2D eigenvalue weighted by Gasteiger charge is -2.36. The lowest BCUT2D eigenvalue weighted by molar-refractivity contribution is 0.253. The second-order valence-corrected chi connectivity index (χ2v) is 8.99. The Bertz CT molecular complexity index is 1210. The molecule has 0 radical (unpaired) electrons. The number of hydrogen-bond acceptors (Lipinski definition) is 3. The number of amides is 2. The molecule has 0 N–H and O–H groups in total. The standard InChI is InChI=1S/C22H18ClFN2O3S/c1-2-15-10-12-16(13-11-15)26-22(27)25(14-17-18(23)6-5-7-19(17)24)20-8-3-4-9-21(20)30(26,28)29/h3-13H,2,14H2,1H3. The number of carbonyl (C=O) groups is 1. The number of benzene rings is 3. The van der Waals surface area contributed by atoms with Crippen molar-refractivity contribution in [2.75, 3.05) is 9.21 Å². The van der Waals surface area contributed by atoms with Gasteiger partial charge in [-0.15, -0.1) is 0 Å². The molecule has 0 fully saturated rings. The number of aryl methyl sites for hydroxylation is 1. The molecule has 154 valence electrons. The first-order valence-electron chi connectivity index (χ1n) is 9.32. The van der Waals surface area contributed by atoms with Gasteiger partial charge in [0.2, 0.25) is 0 Å². The largest absolute Gasteiger partial charge is 0.343 e. The Labute approximate surface area is 179 Å². The molecular formula is C22H18ClFN2O3S. The lowest BCUT2D eigenvalue weighted by Crippen LogP contribution is -2.50. The van der Waals surface area contributed by atoms with Crippen molar-refractivity contribution in [3.63, 3.8) is 0 Å². The van der Waals surface area contributed by atoms with Crippen molar-refractivity contribution >= 4 is 39.0 Å². The van der Waals surface area contributed by atoms with Gasteiger partial charge in [0.1, 0.15) is 10.7 Å². The van der Waals surface area contributed by atoms with Gasteiger partial charge < -0.3 is 0 Å². The third-order valence-electron chi connectivity index (χ3n) is 5.04. The van der Waals surface area contributed by atoms with Crippen LogP contribution in [0.5, 0.6) is 0 Å². The lowest BCUT2D eigenvalue weighted by atomic mass is 10.1. The first-order valence-corrected chi connectivity index (χ1v) is 11.1. The van der Waals surface area contributed by atoms with Crippen molar-refractivity contribution in [2.24, 2.45) is 0 Å². The number of nitrogens with zero attached hydrogens (tertiary/aromatic N) is 2. The number of fused-ring (bicyclic) bond motifs is 1. The second kappa shape index (κ2) is 7.74. The summed E-state index contributed by atoms with van der Waals surface area (Å²) < 4.78 is 41.7. The second-order valence-electron chi connectivity index (χ2n) is 6.83. The maximum atomic E-state index is 14.4. The van der Waals surface area contributed by atoms with E-state index in [-0.39, 0.29) is 33.4 Å². The Morgan fingerprint density at radius 3 is 2.33 bits per heavy atom. The summed E-state index contributed by atoms with van der Waals surface area (Å²) in [5.74, 6) is -0.569. The molecule has 0 aliphatic carbocycles. The van der Waals surface area contributed by atoms with E-state index in [1.807, 2.05) is 6.92 Å². The third kappa shape index (κ3) is 3.34. The van der Waals surface area contributed by atoms with E-state index in [9.17, 15) is 17.6 Å². The van der Waals surface area contributed by atoms with Gasteiger partial charge in [-0.1, -0.05) is 48.9 Å². The van der Waals surface area contributed by atoms with Gasteiger partial charge in [-0.2, -0.15) is 4.31 Å². The predicted molar refractivity (Wildman–Crippen MR) is 115 cm³/mol. The molecule has 3 aromatic carbocycles. The zero-order valence-electron chi connectivity index (χ0n) is 16.0. The maximum Gasteiger partial charge on any atom is 0.343 e. The third-order valence-corrected chi connectivity index (χ3v) is 7.14. The van der Waals surface area contributed by atoms with Crippen LogP contribution in [0, 0.1) is 5.82 Å². The van der Waals surface area contributed by atoms with Gasteiger partial charge in [0.25, 0.3) is 10.0 Å². The van der Waals surface area contributed by atoms with Gasteiger partial charge in [-0.3, -0.25) is 4.90 Å². The van der Waals surface area contributed by atoms with Crippen LogP contribution >= 0.6 is 11.6 Å². The van der Waals surface area contributed by atoms with E-state index in [0.717, 1.165) is 16.3 Å². The Balaban J connectivity index is 1.87. The molecule has 0 unspecified atom stereocenters. The molecule has 2 amide bonds. The normalized spacial score (nSPS) is 15.2. The van der Waals surface area contributed by atoms with E-state index in [4.69, 9.17) is 11.6 Å². The summed E-state index contributed by atoms with van der Waals surface area (Å²) in [6.45, 7) is 1.77. The number of urea groups is 1. The summed E-state index contributed by atoms with van der Waals surface area (Å²) in [6.07, 6.45) is 0.779. The van der Waals surface area contributed by atoms with Crippen LogP contribution in [-0.4, -0.2) is 14.4 Å². The molecule has 0 saturated heterocycles. The maximum absolute atomic E-state index is 14.4. The Kier molecular flexibility index (Phi) is 5.26. The summed E-state index contributed by atoms with van der Waals surface area (Å²) in [4.78, 5) is 14.6. The number of hydrogen-bond donors (Lipinski definition) is 0. The minimum Gasteiger partial charge on any atom is -0.287 e. The molecule has 0 aromatic heterocycles. The molecule has 0 spiro atoms. The Morgan fingerprint density at radius 2 is 1.67 bits per heavy atom. The molecule has 1 aliphatic heterocycles. The highest BCUT2D eigenvalue weighted by molar-refractivity contribution is 7.94. The van der Waals surface area contributed by atoms with Crippen molar-refractivity contribution in [3.8, 4) is 0 Å². The smallest absolute Gasteiger partial charge is 0.287 e. The minimum atomic E-state index is -4.13. The molecule has 30 heavy (non-hydrogen) atoms. The predicted octanol–water partition coefficient (Wildman–Crippen LogP) is 5.38. The van der Waals surface area contributed by atoms with Crippen molar-refractivity contribution < 1.29 is 17.6 Å². The summed E-state index contributed by atoms with van der Waals surface area (Å²) in [7, 11) is -4.13. The number of sulfonamides is 1. The van der Waals surface area contributed by atoms with Crippen LogP contribution in [0.15, 0.2) is 71.6 Å². The fraction of sp³-hybridized carbons (Fsp3) is 0.136. The van der Waals surface area contributed by atoms with Crippen LogP contribution in [0.3, 0.4) is 0 Å². The van der Waals surface area contributed by atoms with Gasteiger partial charge in [0, 0.05) is 10.6 Å². The van der Waals surface area contributed by atoms with E-state index >= 15 is 0 Å². The highest BCUT2D eigenvalue weighted by Crippen LogP contribution is 2.38. The fourth-order valence-electron chi connectivity index (χ4n) is 3.42. The topological polar surface area (TPSA) is 57.7 Å². The number of carbonyl (C=O) groups excluding carboxylic acids is 1. The molecule has 1 heterocycles. The van der Waals surface area contributed by atoms with Crippen LogP contribution in [0.25, 0.3) is 0 Å². The molecule has 0 atom stereocenters. The van der Waals surface area contributed by atoms with Crippen LogP contribution in [0.1, 0.15) is 18.1 Å². The van der Waals surface area contributed by atoms with E-state index < -0.39 is 21.9 Å². The average Bonchev–Trinajstić information content (AvgIpc) is 2.73. The van der Waals surface area contributed by atoms with Gasteiger partial charge >= 0.3 is 6.03 Å². The quantitative estimate of drug-likeness (QED) is 0.543. The van der Waals surface area contributed by atoms with E-state index in [0.29, 0.717) is 0 Å². The average molecular weight is 445 g/mol. The van der Waals surface area contributed by atoms with Crippen LogP contribution < -0.4 is 9.21 Å². The summed E-state index contributed by atoms with van der Waals surface area (Å²) in [6, 6.07) is 16.4. The highest BCUT2D eigenvalue weighted by Gasteiger charge is 2.42. The summed E-state index contributed by atoms with van der Waals surface area (Å²) in [5, 5.41) is 0.160. The first kappa shape index (κ1) is 20.4. The monoisotopic (exact) mass is 444 g/mol. The molecule has 1 aliphatic rings. The SMILES string of the molecule is CCc1ccc(N2C(=O)N(Cc3c(F)cccc3Cl)c3ccccc3S2(=O)=O)cc1. The van der Waals surface area contributed by atoms with Crippen LogP contribution in [0.2, 0.25) is 5.02 Å². The van der Waals surface area contributed by atoms with Gasteiger partial charge in [-0.25, -0.2) is 17.6 Å². The van der Waals surface area contributed by atoms with E-state index in [2.05, 4.69) is 0 Å². The first-order chi connectivity index (χ1) is 14.3.